The molecule has 1 atom stereocenters. The lowest BCUT2D eigenvalue weighted by atomic mass is 10.0. The first-order valence-electron chi connectivity index (χ1n) is 8.23. The summed E-state index contributed by atoms with van der Waals surface area (Å²) >= 11 is 0. The Kier molecular flexibility index (Phi) is 5.90. The average molecular weight is 328 g/mol. The third-order valence-electron chi connectivity index (χ3n) is 3.94. The smallest absolute Gasteiger partial charge is 0.246 e. The Balaban J connectivity index is 2.02. The number of amides is 3. The fourth-order valence-electron chi connectivity index (χ4n) is 2.58. The second-order valence-corrected chi connectivity index (χ2v) is 6.57. The molecule has 1 aromatic rings. The molecule has 0 radical (unpaired) electrons. The van der Waals surface area contributed by atoms with Crippen LogP contribution in [-0.4, -0.2) is 29.2 Å². The molecule has 1 saturated heterocycles. The first kappa shape index (κ1) is 17.9. The summed E-state index contributed by atoms with van der Waals surface area (Å²) in [5, 5.41) is 2.82. The van der Waals surface area contributed by atoms with Crippen LogP contribution in [0.1, 0.15) is 32.8 Å². The van der Waals surface area contributed by atoms with Gasteiger partial charge in [0.05, 0.1) is 12.5 Å². The molecule has 1 aliphatic heterocycles. The molecule has 0 bridgehead atoms. The van der Waals surface area contributed by atoms with Gasteiger partial charge in [0.15, 0.2) is 0 Å². The number of carbonyl (C=O) groups is 3. The Morgan fingerprint density at radius 1 is 1.29 bits per heavy atom. The summed E-state index contributed by atoms with van der Waals surface area (Å²) < 4.78 is 0. The normalized spacial score (nSPS) is 18.4. The van der Waals surface area contributed by atoms with Gasteiger partial charge in [-0.15, -0.1) is 0 Å². The Morgan fingerprint density at radius 3 is 2.58 bits per heavy atom. The molecule has 1 aromatic carbocycles. The number of likely N-dealkylation sites (tertiary alicyclic amines) is 1. The standard InChI is InChI=1S/C19H24N2O3/c1-13(2)11-20-18(23)14(3)9-16-10-17(22)21(19(16)24)12-15-7-5-4-6-8-15/h4-9,13,16H,10-12H2,1-3H3,(H,20,23)/b14-9-/t16-/m0/s1. The Labute approximate surface area is 142 Å². The van der Waals surface area contributed by atoms with Crippen LogP contribution in [0, 0.1) is 11.8 Å². The summed E-state index contributed by atoms with van der Waals surface area (Å²) in [4.78, 5) is 37.9. The van der Waals surface area contributed by atoms with Gasteiger partial charge in [-0.05, 0) is 18.4 Å². The van der Waals surface area contributed by atoms with Gasteiger partial charge in [0.2, 0.25) is 17.7 Å². The molecule has 0 aliphatic carbocycles. The van der Waals surface area contributed by atoms with Crippen molar-refractivity contribution in [1.29, 1.82) is 0 Å². The highest BCUT2D eigenvalue weighted by molar-refractivity contribution is 6.05. The van der Waals surface area contributed by atoms with Crippen molar-refractivity contribution in [1.82, 2.24) is 10.2 Å². The summed E-state index contributed by atoms with van der Waals surface area (Å²) in [7, 11) is 0. The third kappa shape index (κ3) is 4.54. The first-order chi connectivity index (χ1) is 11.4. The monoisotopic (exact) mass is 328 g/mol. The zero-order valence-corrected chi connectivity index (χ0v) is 14.4. The van der Waals surface area contributed by atoms with E-state index in [9.17, 15) is 14.4 Å². The molecule has 0 unspecified atom stereocenters. The molecule has 1 fully saturated rings. The van der Waals surface area contributed by atoms with Gasteiger partial charge < -0.3 is 5.32 Å². The van der Waals surface area contributed by atoms with E-state index in [2.05, 4.69) is 5.32 Å². The van der Waals surface area contributed by atoms with Crippen molar-refractivity contribution in [2.24, 2.45) is 11.8 Å². The predicted octanol–water partition coefficient (Wildman–Crippen LogP) is 2.28. The van der Waals surface area contributed by atoms with E-state index in [-0.39, 0.29) is 30.7 Å². The van der Waals surface area contributed by atoms with E-state index in [4.69, 9.17) is 0 Å². The van der Waals surface area contributed by atoms with E-state index < -0.39 is 5.92 Å². The molecule has 128 valence electrons. The first-order valence-corrected chi connectivity index (χ1v) is 8.23. The Hall–Kier alpha value is -2.43. The minimum Gasteiger partial charge on any atom is -0.352 e. The van der Waals surface area contributed by atoms with Crippen LogP contribution in [0.25, 0.3) is 0 Å². The van der Waals surface area contributed by atoms with E-state index in [0.717, 1.165) is 5.56 Å². The van der Waals surface area contributed by atoms with Crippen LogP contribution in [0.5, 0.6) is 0 Å². The number of rotatable bonds is 6. The highest BCUT2D eigenvalue weighted by Crippen LogP contribution is 2.24. The van der Waals surface area contributed by atoms with Crippen molar-refractivity contribution in [3.8, 4) is 0 Å². The summed E-state index contributed by atoms with van der Waals surface area (Å²) in [5.74, 6) is -0.811. The number of imide groups is 1. The molecule has 0 saturated carbocycles. The third-order valence-corrected chi connectivity index (χ3v) is 3.94. The maximum absolute atomic E-state index is 12.5. The average Bonchev–Trinajstić information content (AvgIpc) is 2.81. The van der Waals surface area contributed by atoms with Crippen LogP contribution in [-0.2, 0) is 20.9 Å². The van der Waals surface area contributed by atoms with E-state index >= 15 is 0 Å². The minimum absolute atomic E-state index is 0.125. The minimum atomic E-state index is -0.550. The number of nitrogens with one attached hydrogen (secondary N) is 1. The van der Waals surface area contributed by atoms with Gasteiger partial charge in [0.1, 0.15) is 0 Å². The molecule has 2 rings (SSSR count). The topological polar surface area (TPSA) is 66.5 Å². The van der Waals surface area contributed by atoms with Crippen LogP contribution < -0.4 is 5.32 Å². The van der Waals surface area contributed by atoms with E-state index in [1.807, 2.05) is 44.2 Å². The van der Waals surface area contributed by atoms with E-state index in [1.165, 1.54) is 4.90 Å². The summed E-state index contributed by atoms with van der Waals surface area (Å²) in [6, 6.07) is 9.41. The molecule has 0 aromatic heterocycles. The van der Waals surface area contributed by atoms with Crippen LogP contribution in [0.2, 0.25) is 0 Å². The molecule has 1 aliphatic rings. The van der Waals surface area contributed by atoms with Gasteiger partial charge in [-0.3, -0.25) is 19.3 Å². The predicted molar refractivity (Wildman–Crippen MR) is 91.7 cm³/mol. The molecule has 5 nitrogen and oxygen atoms in total. The number of nitrogens with zero attached hydrogens (tertiary/aromatic N) is 1. The highest BCUT2D eigenvalue weighted by atomic mass is 16.2. The van der Waals surface area contributed by atoms with E-state index in [0.29, 0.717) is 18.0 Å². The van der Waals surface area contributed by atoms with Gasteiger partial charge in [0, 0.05) is 18.5 Å². The molecule has 1 heterocycles. The van der Waals surface area contributed by atoms with Crippen LogP contribution in [0.15, 0.2) is 42.0 Å². The fraction of sp³-hybridized carbons (Fsp3) is 0.421. The second kappa shape index (κ2) is 7.90. The second-order valence-electron chi connectivity index (χ2n) is 6.57. The lowest BCUT2D eigenvalue weighted by Gasteiger charge is -2.14. The lowest BCUT2D eigenvalue weighted by Crippen LogP contribution is -2.30. The van der Waals surface area contributed by atoms with Crippen molar-refractivity contribution < 1.29 is 14.4 Å². The summed E-state index contributed by atoms with van der Waals surface area (Å²) in [6.07, 6.45) is 1.74. The maximum Gasteiger partial charge on any atom is 0.246 e. The van der Waals surface area contributed by atoms with Crippen LogP contribution in [0.4, 0.5) is 0 Å². The molecular weight excluding hydrogens is 304 g/mol. The molecule has 5 heteroatoms. The van der Waals surface area contributed by atoms with Crippen molar-refractivity contribution >= 4 is 17.7 Å². The largest absolute Gasteiger partial charge is 0.352 e. The number of hydrogen-bond donors (Lipinski definition) is 1. The lowest BCUT2D eigenvalue weighted by molar-refractivity contribution is -0.139. The van der Waals surface area contributed by atoms with Gasteiger partial charge in [-0.2, -0.15) is 0 Å². The van der Waals surface area contributed by atoms with E-state index in [1.54, 1.807) is 13.0 Å². The van der Waals surface area contributed by atoms with Gasteiger partial charge in [-0.25, -0.2) is 0 Å². The van der Waals surface area contributed by atoms with Crippen LogP contribution >= 0.6 is 0 Å². The molecular formula is C19H24N2O3. The molecule has 0 spiro atoms. The fourth-order valence-corrected chi connectivity index (χ4v) is 2.58. The number of benzene rings is 1. The summed E-state index contributed by atoms with van der Waals surface area (Å²) in [5.41, 5.74) is 1.39. The van der Waals surface area contributed by atoms with Crippen molar-refractivity contribution in [3.63, 3.8) is 0 Å². The summed E-state index contributed by atoms with van der Waals surface area (Å²) in [6.45, 7) is 6.57. The Bertz CT molecular complexity index is 650. The van der Waals surface area contributed by atoms with Crippen LogP contribution in [0.3, 0.4) is 0 Å². The number of carbonyl (C=O) groups excluding carboxylic acids is 3. The zero-order valence-electron chi connectivity index (χ0n) is 14.4. The maximum atomic E-state index is 12.5. The van der Waals surface area contributed by atoms with Crippen molar-refractivity contribution in [3.05, 3.63) is 47.5 Å². The zero-order chi connectivity index (χ0) is 17.7. The number of hydrogen-bond acceptors (Lipinski definition) is 3. The Morgan fingerprint density at radius 2 is 1.96 bits per heavy atom. The van der Waals surface area contributed by atoms with Gasteiger partial charge in [0.25, 0.3) is 0 Å². The quantitative estimate of drug-likeness (QED) is 0.643. The molecule has 24 heavy (non-hydrogen) atoms. The molecule has 1 N–H and O–H groups in total. The SMILES string of the molecule is C/C(=C/[C@H]1CC(=O)N(Cc2ccccc2)C1=O)C(=O)NCC(C)C. The van der Waals surface area contributed by atoms with Gasteiger partial charge in [-0.1, -0.05) is 50.3 Å². The highest BCUT2D eigenvalue weighted by Gasteiger charge is 2.37. The van der Waals surface area contributed by atoms with Crippen molar-refractivity contribution in [2.45, 2.75) is 33.7 Å². The van der Waals surface area contributed by atoms with Crippen molar-refractivity contribution in [2.75, 3.05) is 6.54 Å². The molecule has 3 amide bonds. The van der Waals surface area contributed by atoms with Gasteiger partial charge >= 0.3 is 0 Å².